The van der Waals surface area contributed by atoms with Crippen LogP contribution in [-0.4, -0.2) is 18.3 Å². The van der Waals surface area contributed by atoms with E-state index in [0.717, 1.165) is 27.8 Å². The first-order chi connectivity index (χ1) is 11.3. The lowest BCUT2D eigenvalue weighted by Gasteiger charge is -2.04. The quantitative estimate of drug-likeness (QED) is 0.403. The number of nitrogens with two attached hydrogens (primary N) is 1. The standard InChI is InChI=1S/C17H17N3OS2/c1-21-20-14-7-3-5-12(9-14)16-11-23-17(19-16)18-13-6-4-8-15(10-13)22-2/h3-11,20H,1-2H3,(H,18,19)/p+1. The Morgan fingerprint density at radius 1 is 1.17 bits per heavy atom. The molecule has 0 atom stereocenters. The molecular formula is C17H18N3OS2+. The molecule has 0 fully saturated rings. The van der Waals surface area contributed by atoms with Crippen molar-refractivity contribution in [2.24, 2.45) is 0 Å². The van der Waals surface area contributed by atoms with Gasteiger partial charge in [0.2, 0.25) is 0 Å². The fourth-order valence-electron chi connectivity index (χ4n) is 2.20. The molecule has 0 unspecified atom stereocenters. The number of quaternary nitrogens is 1. The monoisotopic (exact) mass is 344 g/mol. The third kappa shape index (κ3) is 4.11. The molecule has 0 bridgehead atoms. The van der Waals surface area contributed by atoms with E-state index in [1.54, 1.807) is 35.7 Å². The van der Waals surface area contributed by atoms with Crippen LogP contribution in [0.4, 0.5) is 16.5 Å². The van der Waals surface area contributed by atoms with Crippen LogP contribution in [0.3, 0.4) is 0 Å². The van der Waals surface area contributed by atoms with E-state index >= 15 is 0 Å². The van der Waals surface area contributed by atoms with Gasteiger partial charge >= 0.3 is 0 Å². The first-order valence-corrected chi connectivity index (χ1v) is 9.22. The summed E-state index contributed by atoms with van der Waals surface area (Å²) in [6.07, 6.45) is 2.07. The van der Waals surface area contributed by atoms with Gasteiger partial charge < -0.3 is 5.32 Å². The number of hydrogen-bond acceptors (Lipinski definition) is 5. The number of rotatable bonds is 6. The second kappa shape index (κ2) is 7.61. The molecule has 118 valence electrons. The molecule has 0 aliphatic rings. The van der Waals surface area contributed by atoms with Crippen molar-refractivity contribution >= 4 is 39.6 Å². The van der Waals surface area contributed by atoms with Crippen molar-refractivity contribution in [2.75, 3.05) is 18.7 Å². The van der Waals surface area contributed by atoms with Crippen LogP contribution in [0.5, 0.6) is 0 Å². The highest BCUT2D eigenvalue weighted by atomic mass is 32.2. The second-order valence-corrected chi connectivity index (χ2v) is 6.61. The molecule has 0 radical (unpaired) electrons. The van der Waals surface area contributed by atoms with Crippen molar-refractivity contribution < 1.29 is 10.3 Å². The summed E-state index contributed by atoms with van der Waals surface area (Å²) in [5.41, 5.74) is 5.85. The maximum atomic E-state index is 5.07. The molecule has 1 aromatic heterocycles. The zero-order valence-electron chi connectivity index (χ0n) is 12.9. The van der Waals surface area contributed by atoms with E-state index in [-0.39, 0.29) is 0 Å². The van der Waals surface area contributed by atoms with Crippen LogP contribution in [0.1, 0.15) is 0 Å². The van der Waals surface area contributed by atoms with E-state index in [4.69, 9.17) is 4.84 Å². The first kappa shape index (κ1) is 16.0. The highest BCUT2D eigenvalue weighted by Crippen LogP contribution is 2.29. The molecule has 3 aromatic rings. The number of anilines is 2. The number of nitrogens with one attached hydrogen (secondary N) is 1. The summed E-state index contributed by atoms with van der Waals surface area (Å²) in [7, 11) is 1.65. The number of thioether (sulfide) groups is 1. The van der Waals surface area contributed by atoms with Crippen molar-refractivity contribution in [1.82, 2.24) is 4.98 Å². The van der Waals surface area contributed by atoms with E-state index < -0.39 is 0 Å². The third-order valence-electron chi connectivity index (χ3n) is 3.26. The fraction of sp³-hybridized carbons (Fsp3) is 0.118. The molecule has 6 heteroatoms. The van der Waals surface area contributed by atoms with Gasteiger partial charge in [0.15, 0.2) is 10.8 Å². The SMILES string of the molecule is CO[NH2+]c1cccc(-c2csc(Nc3cccc(SC)c3)n2)c1. The molecule has 0 aliphatic carbocycles. The Morgan fingerprint density at radius 2 is 2.04 bits per heavy atom. The van der Waals surface area contributed by atoms with Gasteiger partial charge in [-0.15, -0.1) is 23.1 Å². The molecular weight excluding hydrogens is 326 g/mol. The third-order valence-corrected chi connectivity index (χ3v) is 4.74. The molecule has 0 saturated carbocycles. The molecule has 0 spiro atoms. The van der Waals surface area contributed by atoms with Gasteiger partial charge in [0, 0.05) is 33.7 Å². The normalized spacial score (nSPS) is 10.7. The summed E-state index contributed by atoms with van der Waals surface area (Å²) in [5.74, 6) is 0. The maximum absolute atomic E-state index is 5.07. The number of hydrogen-bond donors (Lipinski definition) is 2. The average molecular weight is 344 g/mol. The minimum Gasteiger partial charge on any atom is -0.332 e. The van der Waals surface area contributed by atoms with E-state index in [9.17, 15) is 0 Å². The molecule has 3 rings (SSSR count). The fourth-order valence-corrected chi connectivity index (χ4v) is 3.39. The van der Waals surface area contributed by atoms with Crippen LogP contribution in [0.25, 0.3) is 11.3 Å². The van der Waals surface area contributed by atoms with Gasteiger partial charge in [0.05, 0.1) is 12.8 Å². The van der Waals surface area contributed by atoms with Crippen LogP contribution in [0, 0.1) is 0 Å². The van der Waals surface area contributed by atoms with Gasteiger partial charge in [-0.25, -0.2) is 9.82 Å². The lowest BCUT2D eigenvalue weighted by molar-refractivity contribution is -0.830. The predicted octanol–water partition coefficient (Wildman–Crippen LogP) is 4.03. The minimum atomic E-state index is 0.888. The van der Waals surface area contributed by atoms with E-state index in [1.165, 1.54) is 4.90 Å². The highest BCUT2D eigenvalue weighted by molar-refractivity contribution is 7.98. The number of thiazole rings is 1. The molecule has 1 heterocycles. The van der Waals surface area contributed by atoms with Gasteiger partial charge in [-0.1, -0.05) is 18.2 Å². The van der Waals surface area contributed by atoms with Gasteiger partial charge in [-0.3, -0.25) is 0 Å². The van der Waals surface area contributed by atoms with Gasteiger partial charge in [0.25, 0.3) is 0 Å². The minimum absolute atomic E-state index is 0.888. The summed E-state index contributed by atoms with van der Waals surface area (Å²) >= 11 is 3.33. The summed E-state index contributed by atoms with van der Waals surface area (Å²) in [6.45, 7) is 0. The summed E-state index contributed by atoms with van der Waals surface area (Å²) in [5, 5.41) is 6.32. The van der Waals surface area contributed by atoms with Crippen molar-refractivity contribution in [3.63, 3.8) is 0 Å². The zero-order valence-corrected chi connectivity index (χ0v) is 14.6. The Morgan fingerprint density at radius 3 is 2.87 bits per heavy atom. The van der Waals surface area contributed by atoms with E-state index in [1.807, 2.05) is 18.2 Å². The van der Waals surface area contributed by atoms with E-state index in [0.29, 0.717) is 0 Å². The van der Waals surface area contributed by atoms with Crippen LogP contribution < -0.4 is 10.8 Å². The molecule has 23 heavy (non-hydrogen) atoms. The molecule has 2 aromatic carbocycles. The lowest BCUT2D eigenvalue weighted by atomic mass is 10.1. The van der Waals surface area contributed by atoms with E-state index in [2.05, 4.69) is 52.3 Å². The summed E-state index contributed by atoms with van der Waals surface area (Å²) in [6, 6.07) is 16.5. The van der Waals surface area contributed by atoms with Gasteiger partial charge in [0.1, 0.15) is 0 Å². The number of nitrogens with zero attached hydrogens (tertiary/aromatic N) is 1. The number of aromatic nitrogens is 1. The Kier molecular flexibility index (Phi) is 5.30. The van der Waals surface area contributed by atoms with Gasteiger partial charge in [-0.2, -0.15) is 5.48 Å². The average Bonchev–Trinajstić information content (AvgIpc) is 3.04. The largest absolute Gasteiger partial charge is 0.332 e. The van der Waals surface area contributed by atoms with Crippen molar-refractivity contribution in [1.29, 1.82) is 0 Å². The van der Waals surface area contributed by atoms with Crippen molar-refractivity contribution in [3.05, 3.63) is 53.9 Å². The molecule has 3 N–H and O–H groups in total. The summed E-state index contributed by atoms with van der Waals surface area (Å²) < 4.78 is 0. The van der Waals surface area contributed by atoms with Crippen LogP contribution in [0.2, 0.25) is 0 Å². The van der Waals surface area contributed by atoms with Crippen LogP contribution in [0.15, 0.2) is 58.8 Å². The topological polar surface area (TPSA) is 50.8 Å². The Hall–Kier alpha value is -1.86. The smallest absolute Gasteiger partial charge is 0.187 e. The molecule has 0 amide bonds. The Bertz CT molecular complexity index is 789. The van der Waals surface area contributed by atoms with Crippen LogP contribution in [-0.2, 0) is 4.84 Å². The number of benzene rings is 2. The second-order valence-electron chi connectivity index (χ2n) is 4.87. The molecule has 4 nitrogen and oxygen atoms in total. The van der Waals surface area contributed by atoms with Crippen LogP contribution >= 0.6 is 23.1 Å². The predicted molar refractivity (Wildman–Crippen MR) is 97.7 cm³/mol. The lowest BCUT2D eigenvalue weighted by Crippen LogP contribution is -2.75. The first-order valence-electron chi connectivity index (χ1n) is 7.11. The zero-order chi connectivity index (χ0) is 16.1. The summed E-state index contributed by atoms with van der Waals surface area (Å²) in [4.78, 5) is 11.0. The Labute approximate surface area is 143 Å². The van der Waals surface area contributed by atoms with Crippen molar-refractivity contribution in [3.8, 4) is 11.3 Å². The van der Waals surface area contributed by atoms with Crippen molar-refractivity contribution in [2.45, 2.75) is 4.90 Å². The Balaban J connectivity index is 1.78. The van der Waals surface area contributed by atoms with Gasteiger partial charge in [-0.05, 0) is 24.5 Å². The molecule has 0 saturated heterocycles. The maximum Gasteiger partial charge on any atom is 0.187 e. The molecule has 0 aliphatic heterocycles. The highest BCUT2D eigenvalue weighted by Gasteiger charge is 2.07.